The van der Waals surface area contributed by atoms with Crippen LogP contribution in [0.5, 0.6) is 0 Å². The van der Waals surface area contributed by atoms with E-state index in [1.54, 1.807) is 0 Å². The fourth-order valence-corrected chi connectivity index (χ4v) is 8.43. The van der Waals surface area contributed by atoms with Crippen LogP contribution in [0.3, 0.4) is 0 Å². The smallest absolute Gasteiger partial charge is 0.305 e. The van der Waals surface area contributed by atoms with E-state index < -0.39 is 207 Å². The third kappa shape index (κ3) is 26.1. The van der Waals surface area contributed by atoms with Gasteiger partial charge in [0.25, 0.3) is 0 Å². The lowest BCUT2D eigenvalue weighted by atomic mass is 10.0. The van der Waals surface area contributed by atoms with Crippen molar-refractivity contribution in [2.45, 2.75) is 189 Å². The van der Waals surface area contributed by atoms with Crippen LogP contribution in [0, 0.1) is 0 Å². The highest BCUT2D eigenvalue weighted by atomic mass is 16.4. The fraction of sp³-hybridized carbons (Fsp3) is 0.667. The van der Waals surface area contributed by atoms with Crippen LogP contribution in [0.1, 0.15) is 128 Å². The van der Waals surface area contributed by atoms with Crippen molar-refractivity contribution in [1.29, 1.82) is 0 Å². The molecule has 34 heteroatoms. The zero-order chi connectivity index (χ0) is 61.6. The molecule has 2 aliphatic rings. The number of hydrogen-bond acceptors (Lipinski definition) is 18. The lowest BCUT2D eigenvalue weighted by molar-refractivity contribution is -0.142. The van der Waals surface area contributed by atoms with Gasteiger partial charge in [0, 0.05) is 25.7 Å². The number of hydrogen-bond donors (Lipinski definition) is 18. The fourth-order valence-electron chi connectivity index (χ4n) is 8.43. The Kier molecular flexibility index (Phi) is 30.5. The van der Waals surface area contributed by atoms with Crippen LogP contribution in [0.25, 0.3) is 0 Å². The van der Waals surface area contributed by atoms with Crippen LogP contribution >= 0.6 is 0 Å². The maximum atomic E-state index is 14.0. The van der Waals surface area contributed by atoms with Gasteiger partial charge in [0.1, 0.15) is 60.4 Å². The Hall–Kier alpha value is -8.56. The number of nitrogens with one attached hydrogen (secondary N) is 10. The van der Waals surface area contributed by atoms with Crippen molar-refractivity contribution in [3.05, 3.63) is 0 Å². The van der Waals surface area contributed by atoms with E-state index in [1.807, 2.05) is 0 Å². The predicted octanol–water partition coefficient (Wildman–Crippen LogP) is -7.11. The first-order valence-corrected chi connectivity index (χ1v) is 26.5. The van der Waals surface area contributed by atoms with Crippen LogP contribution in [0.4, 0.5) is 0 Å². The van der Waals surface area contributed by atoms with Gasteiger partial charge >= 0.3 is 23.9 Å². The van der Waals surface area contributed by atoms with Crippen molar-refractivity contribution in [3.8, 4) is 0 Å². The molecule has 0 aromatic carbocycles. The van der Waals surface area contributed by atoms with Crippen molar-refractivity contribution < 1.29 is 97.1 Å². The van der Waals surface area contributed by atoms with Gasteiger partial charge in [-0.25, -0.2) is 0 Å². The number of carbonyl (C=O) groups excluding carboxylic acids is 12. The molecule has 0 spiro atoms. The molecule has 2 fully saturated rings. The largest absolute Gasteiger partial charge is 0.481 e. The van der Waals surface area contributed by atoms with Crippen LogP contribution in [0.15, 0.2) is 0 Å². The molecule has 0 aromatic rings. The van der Waals surface area contributed by atoms with Gasteiger partial charge in [-0.1, -0.05) is 12.8 Å². The van der Waals surface area contributed by atoms with Gasteiger partial charge < -0.3 is 96.5 Å². The molecule has 10 atom stereocenters. The Morgan fingerprint density at radius 2 is 0.659 bits per heavy atom. The van der Waals surface area contributed by atoms with Gasteiger partial charge in [-0.3, -0.25) is 76.7 Å². The molecule has 0 aromatic heterocycles. The molecule has 0 saturated carbocycles. The van der Waals surface area contributed by atoms with Gasteiger partial charge in [-0.2, -0.15) is 0 Å². The van der Waals surface area contributed by atoms with Crippen molar-refractivity contribution in [2.24, 2.45) is 22.9 Å². The van der Waals surface area contributed by atoms with Crippen molar-refractivity contribution in [1.82, 2.24) is 53.2 Å². The zero-order valence-electron chi connectivity index (χ0n) is 45.0. The molecule has 12 amide bonds. The molecular weight excluding hydrogens is 1090 g/mol. The van der Waals surface area contributed by atoms with Gasteiger partial charge in [0.2, 0.25) is 70.9 Å². The minimum Gasteiger partial charge on any atom is -0.481 e. The summed E-state index contributed by atoms with van der Waals surface area (Å²) >= 11 is 0. The van der Waals surface area contributed by atoms with Crippen molar-refractivity contribution >= 4 is 94.8 Å². The number of rotatable bonds is 41. The summed E-state index contributed by atoms with van der Waals surface area (Å²) in [6, 6.07) is -15.8. The Morgan fingerprint density at radius 3 is 0.927 bits per heavy atom. The minimum absolute atomic E-state index is 0.0271. The molecule has 0 unspecified atom stereocenters. The maximum Gasteiger partial charge on any atom is 0.305 e. The monoisotopic (exact) mass is 1170 g/mol. The van der Waals surface area contributed by atoms with E-state index in [4.69, 9.17) is 22.9 Å². The molecule has 458 valence electrons. The zero-order valence-corrected chi connectivity index (χ0v) is 45.0. The lowest BCUT2D eigenvalue weighted by Gasteiger charge is -2.27. The Bertz CT molecular complexity index is 2200. The van der Waals surface area contributed by atoms with E-state index in [0.717, 1.165) is 0 Å². The van der Waals surface area contributed by atoms with Crippen molar-refractivity contribution in [3.63, 3.8) is 0 Å². The van der Waals surface area contributed by atoms with Crippen molar-refractivity contribution in [2.75, 3.05) is 13.1 Å². The van der Waals surface area contributed by atoms with E-state index in [0.29, 0.717) is 25.7 Å². The quantitative estimate of drug-likeness (QED) is 0.0253. The molecule has 2 aliphatic heterocycles. The summed E-state index contributed by atoms with van der Waals surface area (Å²) < 4.78 is 0. The molecule has 82 heavy (non-hydrogen) atoms. The second-order valence-electron chi connectivity index (χ2n) is 19.5. The van der Waals surface area contributed by atoms with Gasteiger partial charge in [-0.05, 0) is 90.1 Å². The molecule has 0 radical (unpaired) electrons. The minimum atomic E-state index is -2.03. The molecule has 22 N–H and O–H groups in total. The number of nitrogens with two attached hydrogens (primary N) is 4. The number of carboxylic acid groups (broad SMARTS) is 4. The van der Waals surface area contributed by atoms with E-state index in [2.05, 4.69) is 53.2 Å². The second-order valence-corrected chi connectivity index (χ2v) is 19.5. The van der Waals surface area contributed by atoms with E-state index in [-0.39, 0.29) is 64.5 Å². The van der Waals surface area contributed by atoms with Crippen LogP contribution in [-0.4, -0.2) is 189 Å². The topological polar surface area (TPSA) is 578 Å². The normalized spacial score (nSPS) is 17.4. The van der Waals surface area contributed by atoms with E-state index >= 15 is 0 Å². The first-order chi connectivity index (χ1) is 38.6. The SMILES string of the molecule is NCCCC[C@H](NC(=O)[C@H](CCCC[C@H](NC(=O)[C@H](CC(=O)O)NC(=O)[C@H](CCC(=O)O)NC(=O)[C@@H]1CCC(=O)N1)C(=O)N[C@@H](CCCCN)C(N)=O)NC(=O)[C@H](CC(=O)O)NC(=O)[C@H](CCC(=O)O)NC(=O)[C@@H]1CCC(=O)N1)C(N)=O. The number of carboxylic acids is 4. The predicted molar refractivity (Wildman–Crippen MR) is 279 cm³/mol. The molecule has 0 aliphatic carbocycles. The van der Waals surface area contributed by atoms with Crippen LogP contribution < -0.4 is 76.1 Å². The average Bonchev–Trinajstić information content (AvgIpc) is 4.12. The third-order valence-corrected chi connectivity index (χ3v) is 12.9. The van der Waals surface area contributed by atoms with Gasteiger partial charge in [0.15, 0.2) is 0 Å². The number of carbonyl (C=O) groups is 16. The maximum absolute atomic E-state index is 14.0. The molecule has 34 nitrogen and oxygen atoms in total. The molecule has 2 saturated heterocycles. The summed E-state index contributed by atoms with van der Waals surface area (Å²) in [7, 11) is 0. The third-order valence-electron chi connectivity index (χ3n) is 12.9. The number of unbranched alkanes of at least 4 members (excludes halogenated alkanes) is 3. The summed E-state index contributed by atoms with van der Waals surface area (Å²) in [5, 5.41) is 61.3. The number of aliphatic carboxylic acids is 4. The summed E-state index contributed by atoms with van der Waals surface area (Å²) in [6.45, 7) is 0.410. The summed E-state index contributed by atoms with van der Waals surface area (Å²) in [4.78, 5) is 205. The highest BCUT2D eigenvalue weighted by Crippen LogP contribution is 2.14. The number of primary amides is 2. The first kappa shape index (κ1) is 69.5. The van der Waals surface area contributed by atoms with E-state index in [1.165, 1.54) is 0 Å². The first-order valence-electron chi connectivity index (χ1n) is 26.5. The van der Waals surface area contributed by atoms with Gasteiger partial charge in [-0.15, -0.1) is 0 Å². The Morgan fingerprint density at radius 1 is 0.390 bits per heavy atom. The second kappa shape index (κ2) is 35.9. The molecule has 2 heterocycles. The summed E-state index contributed by atoms with van der Waals surface area (Å²) in [5.74, 6) is -18.1. The van der Waals surface area contributed by atoms with E-state index in [9.17, 15) is 97.1 Å². The Balaban J connectivity index is 2.52. The number of amides is 12. The molecular formula is C48H76N14O20. The van der Waals surface area contributed by atoms with Gasteiger partial charge in [0.05, 0.1) is 12.8 Å². The molecule has 0 bridgehead atoms. The summed E-state index contributed by atoms with van der Waals surface area (Å²) in [5.41, 5.74) is 22.3. The Labute approximate surface area is 468 Å². The highest BCUT2D eigenvalue weighted by Gasteiger charge is 2.37. The molecule has 2 rings (SSSR count). The van der Waals surface area contributed by atoms with Crippen LogP contribution in [0.2, 0.25) is 0 Å². The highest BCUT2D eigenvalue weighted by molar-refractivity contribution is 6.00. The summed E-state index contributed by atoms with van der Waals surface area (Å²) in [6.07, 6.45) is -4.78. The lowest BCUT2D eigenvalue weighted by Crippen LogP contribution is -2.59. The average molecular weight is 1170 g/mol. The standard InChI is InChI=1S/C48H76N14O20/c49-19-5-3-7-23(39(51)73)55-41(75)25(57-47(81)31(21-37(69)70)61-45(79)29(13-17-35(65)66)59-43(77)27-11-15-33(63)53-27)9-1-2-10-26(42(76)56-24(40(52)74)8-4-6-20-50)58-48(82)32(22-38(71)72)62-46(80)30(14-18-36(67)68)60-44(78)28-12-16-34(64)54-28/h23-32H,1-22,49-50H2,(H2,51,73)(H2,52,74)(H,53,63)(H,54,64)(H,55,75)(H,56,76)(H,57,81)(H,58,82)(H,59,77)(H,60,78)(H,61,79)(H,62,80)(H,65,66)(H,67,68)(H,69,70)(H,71,72)/t23-,24-,25-,26-,27-,28-,29-,30-,31-,32-/m0/s1. The van der Waals surface area contributed by atoms with Crippen LogP contribution in [-0.2, 0) is 76.7 Å².